The van der Waals surface area contributed by atoms with Crippen LogP contribution in [0.2, 0.25) is 0 Å². The van der Waals surface area contributed by atoms with Crippen molar-refractivity contribution in [2.75, 3.05) is 44.3 Å². The maximum atomic E-state index is 12.3. The first-order chi connectivity index (χ1) is 8.54. The molecule has 2 aliphatic heterocycles. The molecule has 2 heterocycles. The molecular weight excluding hydrogens is 276 g/mol. The minimum absolute atomic E-state index is 0.135. The first-order valence-electron chi connectivity index (χ1n) is 6.25. The second kappa shape index (κ2) is 5.96. The molecule has 0 saturated carbocycles. The van der Waals surface area contributed by atoms with Gasteiger partial charge in [-0.05, 0) is 18.8 Å². The highest BCUT2D eigenvalue weighted by Crippen LogP contribution is 2.21. The fourth-order valence-electron chi connectivity index (χ4n) is 2.34. The van der Waals surface area contributed by atoms with Crippen LogP contribution in [0.4, 0.5) is 0 Å². The van der Waals surface area contributed by atoms with E-state index in [4.69, 9.17) is 5.11 Å². The SMILES string of the molecule is O=S1CCN(S(=O)(=O)N2CCC(CO)CC2)CC1. The molecule has 1 N–H and O–H groups in total. The third-order valence-electron chi connectivity index (χ3n) is 3.62. The van der Waals surface area contributed by atoms with Gasteiger partial charge in [-0.1, -0.05) is 0 Å². The van der Waals surface area contributed by atoms with Crippen LogP contribution < -0.4 is 0 Å². The molecule has 6 nitrogen and oxygen atoms in total. The van der Waals surface area contributed by atoms with E-state index in [-0.39, 0.29) is 12.5 Å². The van der Waals surface area contributed by atoms with Crippen molar-refractivity contribution in [3.05, 3.63) is 0 Å². The zero-order chi connectivity index (χ0) is 13.2. The lowest BCUT2D eigenvalue weighted by molar-refractivity contribution is 0.166. The van der Waals surface area contributed by atoms with Gasteiger partial charge in [0, 0.05) is 55.1 Å². The highest BCUT2D eigenvalue weighted by molar-refractivity contribution is 7.87. The molecule has 0 unspecified atom stereocenters. The van der Waals surface area contributed by atoms with E-state index in [1.54, 1.807) is 0 Å². The minimum Gasteiger partial charge on any atom is -0.396 e. The van der Waals surface area contributed by atoms with Crippen LogP contribution in [0.25, 0.3) is 0 Å². The normalized spacial score (nSPS) is 26.5. The fourth-order valence-corrected chi connectivity index (χ4v) is 5.26. The van der Waals surface area contributed by atoms with E-state index in [9.17, 15) is 12.6 Å². The van der Waals surface area contributed by atoms with Crippen LogP contribution in [-0.2, 0) is 21.0 Å². The molecule has 0 atom stereocenters. The third kappa shape index (κ3) is 3.11. The molecule has 0 aliphatic carbocycles. The molecule has 0 bridgehead atoms. The van der Waals surface area contributed by atoms with Gasteiger partial charge in [-0.25, -0.2) is 0 Å². The van der Waals surface area contributed by atoms with Crippen molar-refractivity contribution in [2.45, 2.75) is 12.8 Å². The molecule has 106 valence electrons. The van der Waals surface area contributed by atoms with Gasteiger partial charge < -0.3 is 5.11 Å². The van der Waals surface area contributed by atoms with Gasteiger partial charge >= 0.3 is 0 Å². The average Bonchev–Trinajstić information content (AvgIpc) is 2.39. The van der Waals surface area contributed by atoms with E-state index in [0.29, 0.717) is 37.7 Å². The van der Waals surface area contributed by atoms with Crippen molar-refractivity contribution in [3.8, 4) is 0 Å². The number of nitrogens with zero attached hydrogens (tertiary/aromatic N) is 2. The number of aliphatic hydroxyl groups is 1. The molecule has 0 amide bonds. The van der Waals surface area contributed by atoms with E-state index in [2.05, 4.69) is 0 Å². The van der Waals surface area contributed by atoms with E-state index in [1.807, 2.05) is 0 Å². The molecule has 2 fully saturated rings. The van der Waals surface area contributed by atoms with E-state index in [0.717, 1.165) is 12.8 Å². The number of hydrogen-bond acceptors (Lipinski definition) is 4. The summed E-state index contributed by atoms with van der Waals surface area (Å²) in [6, 6.07) is 0. The van der Waals surface area contributed by atoms with Gasteiger partial charge in [0.25, 0.3) is 10.2 Å². The number of hydrogen-bond donors (Lipinski definition) is 1. The molecule has 0 aromatic heterocycles. The van der Waals surface area contributed by atoms with Crippen LogP contribution in [0.1, 0.15) is 12.8 Å². The van der Waals surface area contributed by atoms with Crippen molar-refractivity contribution in [2.24, 2.45) is 5.92 Å². The summed E-state index contributed by atoms with van der Waals surface area (Å²) in [6.07, 6.45) is 1.44. The Morgan fingerprint density at radius 2 is 1.56 bits per heavy atom. The highest BCUT2D eigenvalue weighted by Gasteiger charge is 2.34. The van der Waals surface area contributed by atoms with Gasteiger partial charge in [0.2, 0.25) is 0 Å². The summed E-state index contributed by atoms with van der Waals surface area (Å²) in [5, 5.41) is 9.05. The molecule has 0 aromatic carbocycles. The molecule has 0 spiro atoms. The van der Waals surface area contributed by atoms with E-state index in [1.165, 1.54) is 8.61 Å². The molecule has 2 rings (SSSR count). The number of piperidine rings is 1. The molecule has 2 aliphatic rings. The van der Waals surface area contributed by atoms with Gasteiger partial charge in [-0.15, -0.1) is 0 Å². The summed E-state index contributed by atoms with van der Waals surface area (Å²) in [5.41, 5.74) is 0. The highest BCUT2D eigenvalue weighted by atomic mass is 32.2. The van der Waals surface area contributed by atoms with Crippen LogP contribution >= 0.6 is 0 Å². The van der Waals surface area contributed by atoms with Crippen molar-refractivity contribution in [3.63, 3.8) is 0 Å². The summed E-state index contributed by atoms with van der Waals surface area (Å²) in [5.74, 6) is 1.10. The van der Waals surface area contributed by atoms with Gasteiger partial charge in [-0.3, -0.25) is 4.21 Å². The maximum absolute atomic E-state index is 12.3. The average molecular weight is 296 g/mol. The van der Waals surface area contributed by atoms with Gasteiger partial charge in [-0.2, -0.15) is 17.0 Å². The zero-order valence-electron chi connectivity index (χ0n) is 10.3. The fraction of sp³-hybridized carbons (Fsp3) is 1.00. The summed E-state index contributed by atoms with van der Waals surface area (Å²) in [4.78, 5) is 0. The Labute approximate surface area is 111 Å². The van der Waals surface area contributed by atoms with E-state index >= 15 is 0 Å². The lowest BCUT2D eigenvalue weighted by Crippen LogP contribution is -2.51. The zero-order valence-corrected chi connectivity index (χ0v) is 12.0. The third-order valence-corrected chi connectivity index (χ3v) is 6.93. The smallest absolute Gasteiger partial charge is 0.282 e. The standard InChI is InChI=1S/C10H20N2O4S2/c13-9-10-1-3-11(4-2-10)18(15,16)12-5-7-17(14)8-6-12/h10,13H,1-9H2. The second-order valence-corrected chi connectivity index (χ2v) is 8.40. The first-order valence-corrected chi connectivity index (χ1v) is 9.13. The molecule has 18 heavy (non-hydrogen) atoms. The van der Waals surface area contributed by atoms with Crippen LogP contribution in [0.5, 0.6) is 0 Å². The monoisotopic (exact) mass is 296 g/mol. The van der Waals surface area contributed by atoms with Crippen LogP contribution in [0.3, 0.4) is 0 Å². The molecule has 8 heteroatoms. The van der Waals surface area contributed by atoms with Crippen LogP contribution in [-0.4, -0.2) is 70.6 Å². The van der Waals surface area contributed by atoms with Gasteiger partial charge in [0.1, 0.15) is 0 Å². The first kappa shape index (κ1) is 14.4. The van der Waals surface area contributed by atoms with Crippen molar-refractivity contribution >= 4 is 21.0 Å². The van der Waals surface area contributed by atoms with Crippen molar-refractivity contribution < 1.29 is 17.7 Å². The Kier molecular flexibility index (Phi) is 4.76. The lowest BCUT2D eigenvalue weighted by atomic mass is 10.00. The van der Waals surface area contributed by atoms with Gasteiger partial charge in [0.05, 0.1) is 0 Å². The Morgan fingerprint density at radius 1 is 1.06 bits per heavy atom. The molecule has 2 saturated heterocycles. The maximum Gasteiger partial charge on any atom is 0.282 e. The van der Waals surface area contributed by atoms with Crippen molar-refractivity contribution in [1.82, 2.24) is 8.61 Å². The largest absolute Gasteiger partial charge is 0.396 e. The topological polar surface area (TPSA) is 77.9 Å². The molecule has 0 aromatic rings. The lowest BCUT2D eigenvalue weighted by Gasteiger charge is -2.35. The van der Waals surface area contributed by atoms with Crippen LogP contribution in [0.15, 0.2) is 0 Å². The quantitative estimate of drug-likeness (QED) is 0.724. The second-order valence-electron chi connectivity index (χ2n) is 4.78. The van der Waals surface area contributed by atoms with E-state index < -0.39 is 21.0 Å². The number of rotatable bonds is 3. The number of aliphatic hydroxyl groups excluding tert-OH is 1. The Hall–Kier alpha value is -0.0200. The predicted octanol–water partition coefficient (Wildman–Crippen LogP) is -1.00. The van der Waals surface area contributed by atoms with Crippen LogP contribution in [0, 0.1) is 5.92 Å². The Bertz CT molecular complexity index is 394. The molecule has 0 radical (unpaired) electrons. The van der Waals surface area contributed by atoms with Crippen molar-refractivity contribution in [1.29, 1.82) is 0 Å². The summed E-state index contributed by atoms with van der Waals surface area (Å²) < 4.78 is 38.8. The Balaban J connectivity index is 1.97. The minimum atomic E-state index is -3.39. The van der Waals surface area contributed by atoms with Gasteiger partial charge in [0.15, 0.2) is 0 Å². The molecular formula is C10H20N2O4S2. The summed E-state index contributed by atoms with van der Waals surface area (Å²) >= 11 is 0. The summed E-state index contributed by atoms with van der Waals surface area (Å²) in [6.45, 7) is 1.81. The predicted molar refractivity (Wildman–Crippen MR) is 69.8 cm³/mol. The summed E-state index contributed by atoms with van der Waals surface area (Å²) in [7, 11) is -4.26. The Morgan fingerprint density at radius 3 is 2.06 bits per heavy atom.